The summed E-state index contributed by atoms with van der Waals surface area (Å²) in [5.74, 6) is -7.46. The van der Waals surface area contributed by atoms with Crippen molar-refractivity contribution >= 4 is 24.0 Å². The van der Waals surface area contributed by atoms with Gasteiger partial charge >= 0.3 is 24.0 Å². The van der Waals surface area contributed by atoms with Crippen molar-refractivity contribution in [1.82, 2.24) is 4.90 Å². The molecular formula is C9H11NO8. The molecule has 0 saturated carbocycles. The highest BCUT2D eigenvalue weighted by atomic mass is 16.4. The van der Waals surface area contributed by atoms with Gasteiger partial charge in [-0.3, -0.25) is 9.69 Å². The summed E-state index contributed by atoms with van der Waals surface area (Å²) in [4.78, 5) is 44.5. The molecule has 0 aromatic carbocycles. The molecule has 1 saturated heterocycles. The molecule has 0 aromatic rings. The molecule has 0 aromatic heterocycles. The van der Waals surface area contributed by atoms with Crippen LogP contribution in [0.1, 0.15) is 12.8 Å². The average molecular weight is 261 g/mol. The minimum absolute atomic E-state index is 0.0889. The van der Waals surface area contributed by atoms with Crippen LogP contribution in [-0.4, -0.2) is 61.4 Å². The number of hydrogen-bond acceptors (Lipinski definition) is 4. The van der Waals surface area contributed by atoms with Crippen molar-refractivity contribution in [3.63, 3.8) is 0 Å². The minimum atomic E-state index is -2.98. The van der Waals surface area contributed by atoms with Gasteiger partial charge in [-0.05, 0) is 12.8 Å². The maximum absolute atomic E-state index is 11.2. The highest BCUT2D eigenvalue weighted by molar-refractivity contribution is 6.09. The number of aliphatic carboxylic acids is 3. The number of nitrogens with zero attached hydrogens (tertiary/aromatic N) is 1. The van der Waals surface area contributed by atoms with Crippen LogP contribution in [0, 0.1) is 5.92 Å². The third-order valence-electron chi connectivity index (χ3n) is 2.99. The molecule has 0 bridgehead atoms. The second-order valence-electron chi connectivity index (χ2n) is 3.84. The standard InChI is InChI=1S/C9H11NO8/c11-5(12)4-2-1-3-10(8(17)18)9(4,6(13)14)7(15)16/h4H,1-3H2,(H,11,12)(H,13,14)(H,15,16)(H,17,18). The maximum atomic E-state index is 11.2. The van der Waals surface area contributed by atoms with Gasteiger partial charge in [-0.15, -0.1) is 0 Å². The minimum Gasteiger partial charge on any atom is -0.481 e. The summed E-state index contributed by atoms with van der Waals surface area (Å²) in [7, 11) is 0. The van der Waals surface area contributed by atoms with Gasteiger partial charge in [0.05, 0.1) is 0 Å². The highest BCUT2D eigenvalue weighted by Crippen LogP contribution is 2.35. The van der Waals surface area contributed by atoms with Gasteiger partial charge in [0, 0.05) is 6.54 Å². The van der Waals surface area contributed by atoms with Crippen molar-refractivity contribution in [2.24, 2.45) is 5.92 Å². The summed E-state index contributed by atoms with van der Waals surface area (Å²) in [6.07, 6.45) is -1.89. The summed E-state index contributed by atoms with van der Waals surface area (Å²) in [5.41, 5.74) is -2.98. The Morgan fingerprint density at radius 1 is 1.00 bits per heavy atom. The molecule has 0 aliphatic carbocycles. The summed E-state index contributed by atoms with van der Waals surface area (Å²) in [5, 5.41) is 35.9. The van der Waals surface area contributed by atoms with E-state index in [-0.39, 0.29) is 24.3 Å². The molecule has 1 aliphatic rings. The van der Waals surface area contributed by atoms with E-state index in [0.29, 0.717) is 0 Å². The lowest BCUT2D eigenvalue weighted by atomic mass is 9.76. The average Bonchev–Trinajstić information content (AvgIpc) is 2.26. The lowest BCUT2D eigenvalue weighted by Gasteiger charge is -2.42. The molecule has 9 nitrogen and oxygen atoms in total. The third-order valence-corrected chi connectivity index (χ3v) is 2.99. The fraction of sp³-hybridized carbons (Fsp3) is 0.556. The Morgan fingerprint density at radius 2 is 1.50 bits per heavy atom. The van der Waals surface area contributed by atoms with Crippen LogP contribution < -0.4 is 0 Å². The molecule has 0 spiro atoms. The number of piperidine rings is 1. The molecule has 4 N–H and O–H groups in total. The smallest absolute Gasteiger partial charge is 0.408 e. The van der Waals surface area contributed by atoms with Gasteiger partial charge in [-0.2, -0.15) is 0 Å². The molecule has 1 heterocycles. The number of likely N-dealkylation sites (tertiary alicyclic amines) is 1. The van der Waals surface area contributed by atoms with E-state index in [9.17, 15) is 19.2 Å². The first kappa shape index (κ1) is 13.7. The molecule has 0 radical (unpaired) electrons. The van der Waals surface area contributed by atoms with E-state index < -0.39 is 35.5 Å². The van der Waals surface area contributed by atoms with E-state index in [1.807, 2.05) is 0 Å². The highest BCUT2D eigenvalue weighted by Gasteiger charge is 2.63. The van der Waals surface area contributed by atoms with Crippen molar-refractivity contribution in [2.75, 3.05) is 6.54 Å². The fourth-order valence-electron chi connectivity index (χ4n) is 2.20. The van der Waals surface area contributed by atoms with E-state index in [1.54, 1.807) is 0 Å². The van der Waals surface area contributed by atoms with Crippen LogP contribution in [0.5, 0.6) is 0 Å². The van der Waals surface area contributed by atoms with Gasteiger partial charge < -0.3 is 20.4 Å². The van der Waals surface area contributed by atoms with Crippen LogP contribution >= 0.6 is 0 Å². The predicted octanol–water partition coefficient (Wildman–Crippen LogP) is -0.631. The normalized spacial score (nSPS) is 22.2. The van der Waals surface area contributed by atoms with Crippen LogP contribution in [0.3, 0.4) is 0 Å². The zero-order valence-electron chi connectivity index (χ0n) is 9.07. The molecule has 18 heavy (non-hydrogen) atoms. The first-order valence-corrected chi connectivity index (χ1v) is 4.96. The molecular weight excluding hydrogens is 250 g/mol. The van der Waals surface area contributed by atoms with E-state index in [4.69, 9.17) is 20.4 Å². The lowest BCUT2D eigenvalue weighted by molar-refractivity contribution is -0.180. The number of hydrogen-bond donors (Lipinski definition) is 4. The number of carboxylic acids is 3. The largest absolute Gasteiger partial charge is 0.481 e. The van der Waals surface area contributed by atoms with Crippen molar-refractivity contribution in [2.45, 2.75) is 18.4 Å². The Labute approximate surface area is 100 Å². The monoisotopic (exact) mass is 261 g/mol. The van der Waals surface area contributed by atoms with Crippen LogP contribution in [0.15, 0.2) is 0 Å². The fourth-order valence-corrected chi connectivity index (χ4v) is 2.20. The quantitative estimate of drug-likeness (QED) is 0.490. The second-order valence-corrected chi connectivity index (χ2v) is 3.84. The van der Waals surface area contributed by atoms with E-state index in [2.05, 4.69) is 0 Å². The Morgan fingerprint density at radius 3 is 1.83 bits per heavy atom. The van der Waals surface area contributed by atoms with Crippen LogP contribution in [0.4, 0.5) is 4.79 Å². The number of rotatable bonds is 3. The zero-order chi connectivity index (χ0) is 14.1. The van der Waals surface area contributed by atoms with Crippen molar-refractivity contribution < 1.29 is 39.6 Å². The first-order chi connectivity index (χ1) is 8.26. The Balaban J connectivity index is 3.46. The summed E-state index contributed by atoms with van der Waals surface area (Å²) >= 11 is 0. The molecule has 100 valence electrons. The van der Waals surface area contributed by atoms with E-state index in [0.717, 1.165) is 0 Å². The van der Waals surface area contributed by atoms with Crippen LogP contribution in [0.2, 0.25) is 0 Å². The van der Waals surface area contributed by atoms with Gasteiger partial charge in [-0.1, -0.05) is 0 Å². The van der Waals surface area contributed by atoms with Crippen molar-refractivity contribution in [1.29, 1.82) is 0 Å². The molecule has 1 aliphatic heterocycles. The molecule has 1 unspecified atom stereocenters. The van der Waals surface area contributed by atoms with Crippen LogP contribution in [0.25, 0.3) is 0 Å². The third kappa shape index (κ3) is 1.73. The number of carbonyl (C=O) groups is 4. The predicted molar refractivity (Wildman–Crippen MR) is 53.1 cm³/mol. The molecule has 1 rings (SSSR count). The molecule has 1 atom stereocenters. The first-order valence-electron chi connectivity index (χ1n) is 4.96. The Bertz CT molecular complexity index is 379. The van der Waals surface area contributed by atoms with E-state index >= 15 is 0 Å². The Kier molecular flexibility index (Phi) is 3.44. The molecule has 1 fully saturated rings. The number of amides is 1. The zero-order valence-corrected chi connectivity index (χ0v) is 9.07. The number of carboxylic acid groups (broad SMARTS) is 4. The summed E-state index contributed by atoms with van der Waals surface area (Å²) < 4.78 is 0. The van der Waals surface area contributed by atoms with Crippen molar-refractivity contribution in [3.8, 4) is 0 Å². The van der Waals surface area contributed by atoms with Gasteiger partial charge in [0.25, 0.3) is 5.54 Å². The van der Waals surface area contributed by atoms with Gasteiger partial charge in [0.2, 0.25) is 0 Å². The van der Waals surface area contributed by atoms with Crippen LogP contribution in [-0.2, 0) is 14.4 Å². The summed E-state index contributed by atoms with van der Waals surface area (Å²) in [6, 6.07) is 0. The molecule has 9 heteroatoms. The van der Waals surface area contributed by atoms with Gasteiger partial charge in [-0.25, -0.2) is 14.4 Å². The SMILES string of the molecule is O=C(O)C1CCCN(C(=O)O)C1(C(=O)O)C(=O)O. The lowest BCUT2D eigenvalue weighted by Crippen LogP contribution is -2.69. The summed E-state index contributed by atoms with van der Waals surface area (Å²) in [6.45, 7) is -0.336. The van der Waals surface area contributed by atoms with Gasteiger partial charge in [0.1, 0.15) is 5.92 Å². The Hall–Kier alpha value is -2.32. The second kappa shape index (κ2) is 4.51. The topological polar surface area (TPSA) is 152 Å². The van der Waals surface area contributed by atoms with E-state index in [1.165, 1.54) is 0 Å². The van der Waals surface area contributed by atoms with Crippen molar-refractivity contribution in [3.05, 3.63) is 0 Å². The molecule has 1 amide bonds. The maximum Gasteiger partial charge on any atom is 0.408 e. The van der Waals surface area contributed by atoms with Gasteiger partial charge in [0.15, 0.2) is 0 Å².